The molecule has 0 fully saturated rings. The summed E-state index contributed by atoms with van der Waals surface area (Å²) in [5, 5.41) is 0. The number of hydrogen-bond acceptors (Lipinski definition) is 1. The predicted molar refractivity (Wildman–Crippen MR) is 101 cm³/mol. The van der Waals surface area contributed by atoms with Crippen LogP contribution in [0.25, 0.3) is 5.57 Å². The SMILES string of the molecule is CCCCC(C)/C=C1/B(c2ccccc2)c2c[nH]cc2/C1=C/N. The van der Waals surface area contributed by atoms with E-state index in [0.29, 0.717) is 5.92 Å². The molecule has 0 radical (unpaired) electrons. The maximum Gasteiger partial charge on any atom is 0.244 e. The first kappa shape index (κ1) is 15.7. The van der Waals surface area contributed by atoms with Crippen LogP contribution in [0.3, 0.4) is 0 Å². The maximum absolute atomic E-state index is 6.00. The monoisotopic (exact) mass is 304 g/mol. The molecule has 1 aromatic heterocycles. The van der Waals surface area contributed by atoms with Gasteiger partial charge in [0.25, 0.3) is 0 Å². The van der Waals surface area contributed by atoms with E-state index < -0.39 is 0 Å². The molecule has 3 rings (SSSR count). The van der Waals surface area contributed by atoms with Gasteiger partial charge in [-0.1, -0.05) is 74.0 Å². The highest BCUT2D eigenvalue weighted by atomic mass is 14.6. The number of allylic oxidation sites excluding steroid dienone is 3. The molecule has 0 saturated carbocycles. The molecule has 3 heteroatoms. The van der Waals surface area contributed by atoms with Gasteiger partial charge in [0.1, 0.15) is 0 Å². The summed E-state index contributed by atoms with van der Waals surface area (Å²) in [6, 6.07) is 10.7. The van der Waals surface area contributed by atoms with Crippen LogP contribution in [0.4, 0.5) is 0 Å². The van der Waals surface area contributed by atoms with Crippen molar-refractivity contribution >= 4 is 23.2 Å². The first-order chi connectivity index (χ1) is 11.3. The number of rotatable bonds is 5. The predicted octanol–water partition coefficient (Wildman–Crippen LogP) is 3.23. The van der Waals surface area contributed by atoms with Crippen molar-refractivity contribution in [2.75, 3.05) is 0 Å². The third-order valence-corrected chi connectivity index (χ3v) is 4.78. The van der Waals surface area contributed by atoms with Crippen LogP contribution in [0.1, 0.15) is 38.7 Å². The van der Waals surface area contributed by atoms with Crippen LogP contribution in [0, 0.1) is 5.92 Å². The Hall–Kier alpha value is -2.16. The molecule has 2 aromatic rings. The van der Waals surface area contributed by atoms with Crippen molar-refractivity contribution in [1.82, 2.24) is 4.98 Å². The van der Waals surface area contributed by atoms with E-state index in [1.165, 1.54) is 46.8 Å². The number of nitrogens with one attached hydrogen (secondary N) is 1. The van der Waals surface area contributed by atoms with Crippen LogP contribution >= 0.6 is 0 Å². The Balaban J connectivity index is 2.04. The molecule has 23 heavy (non-hydrogen) atoms. The molecule has 3 N–H and O–H groups in total. The van der Waals surface area contributed by atoms with Crippen LogP contribution in [-0.4, -0.2) is 11.7 Å². The maximum atomic E-state index is 6.00. The molecule has 0 spiro atoms. The number of fused-ring (bicyclic) bond motifs is 1. The average molecular weight is 304 g/mol. The van der Waals surface area contributed by atoms with Crippen LogP contribution in [0.5, 0.6) is 0 Å². The summed E-state index contributed by atoms with van der Waals surface area (Å²) in [5.74, 6) is 0.569. The summed E-state index contributed by atoms with van der Waals surface area (Å²) in [4.78, 5) is 3.25. The number of H-pyrrole nitrogens is 1. The van der Waals surface area contributed by atoms with Crippen LogP contribution in [-0.2, 0) is 0 Å². The zero-order chi connectivity index (χ0) is 16.2. The molecule has 1 atom stereocenters. The zero-order valence-corrected chi connectivity index (χ0v) is 14.0. The molecular formula is C20H25BN2. The fourth-order valence-electron chi connectivity index (χ4n) is 3.62. The molecule has 118 valence electrons. The van der Waals surface area contributed by atoms with Gasteiger partial charge in [-0.2, -0.15) is 0 Å². The molecule has 0 bridgehead atoms. The summed E-state index contributed by atoms with van der Waals surface area (Å²) < 4.78 is 0. The lowest BCUT2D eigenvalue weighted by atomic mass is 9.38. The van der Waals surface area contributed by atoms with Crippen molar-refractivity contribution in [2.24, 2.45) is 11.7 Å². The molecule has 0 aliphatic carbocycles. The summed E-state index contributed by atoms with van der Waals surface area (Å²) in [7, 11) is 0. The zero-order valence-electron chi connectivity index (χ0n) is 14.0. The second-order valence-corrected chi connectivity index (χ2v) is 6.49. The van der Waals surface area contributed by atoms with Gasteiger partial charge in [-0.15, -0.1) is 0 Å². The van der Waals surface area contributed by atoms with Crippen molar-refractivity contribution in [3.8, 4) is 0 Å². The average Bonchev–Trinajstić information content (AvgIpc) is 3.13. The van der Waals surface area contributed by atoms with E-state index in [9.17, 15) is 0 Å². The molecule has 1 aliphatic heterocycles. The highest BCUT2D eigenvalue weighted by molar-refractivity contribution is 6.95. The van der Waals surface area contributed by atoms with Gasteiger partial charge in [0, 0.05) is 12.4 Å². The highest BCUT2D eigenvalue weighted by Gasteiger charge is 2.36. The highest BCUT2D eigenvalue weighted by Crippen LogP contribution is 2.32. The molecule has 0 amide bonds. The van der Waals surface area contributed by atoms with Gasteiger partial charge in [0.2, 0.25) is 6.71 Å². The Morgan fingerprint density at radius 3 is 2.70 bits per heavy atom. The lowest BCUT2D eigenvalue weighted by Crippen LogP contribution is -2.40. The summed E-state index contributed by atoms with van der Waals surface area (Å²) in [6.45, 7) is 4.85. The van der Waals surface area contributed by atoms with Gasteiger partial charge in [0.05, 0.1) is 0 Å². The Bertz CT molecular complexity index is 712. The third-order valence-electron chi connectivity index (χ3n) is 4.78. The Morgan fingerprint density at radius 2 is 2.00 bits per heavy atom. The van der Waals surface area contributed by atoms with Gasteiger partial charge >= 0.3 is 0 Å². The van der Waals surface area contributed by atoms with E-state index in [1.807, 2.05) is 0 Å². The number of aromatic nitrogens is 1. The number of aromatic amines is 1. The minimum absolute atomic E-state index is 0.288. The molecular weight excluding hydrogens is 279 g/mol. The fraction of sp³-hybridized carbons (Fsp3) is 0.300. The largest absolute Gasteiger partial charge is 0.404 e. The minimum Gasteiger partial charge on any atom is -0.404 e. The normalized spacial score (nSPS) is 18.6. The van der Waals surface area contributed by atoms with Gasteiger partial charge in [0.15, 0.2) is 0 Å². The second kappa shape index (κ2) is 6.95. The summed E-state index contributed by atoms with van der Waals surface area (Å²) in [6.07, 6.45) is 12.1. The first-order valence-electron chi connectivity index (χ1n) is 8.62. The molecule has 2 nitrogen and oxygen atoms in total. The Morgan fingerprint density at radius 1 is 1.22 bits per heavy atom. The van der Waals surface area contributed by atoms with Crippen molar-refractivity contribution in [3.05, 3.63) is 66.0 Å². The molecule has 1 aliphatic rings. The van der Waals surface area contributed by atoms with Gasteiger partial charge in [-0.05, 0) is 35.1 Å². The number of unbranched alkanes of at least 4 members (excludes halogenated alkanes) is 1. The summed E-state index contributed by atoms with van der Waals surface area (Å²) in [5.41, 5.74) is 12.5. The summed E-state index contributed by atoms with van der Waals surface area (Å²) >= 11 is 0. The van der Waals surface area contributed by atoms with Crippen LogP contribution in [0.2, 0.25) is 0 Å². The van der Waals surface area contributed by atoms with Crippen LogP contribution < -0.4 is 16.7 Å². The molecule has 1 aromatic carbocycles. The lowest BCUT2D eigenvalue weighted by molar-refractivity contribution is 0.597. The van der Waals surface area contributed by atoms with Crippen molar-refractivity contribution in [1.29, 1.82) is 0 Å². The van der Waals surface area contributed by atoms with Gasteiger partial charge in [-0.25, -0.2) is 0 Å². The smallest absolute Gasteiger partial charge is 0.244 e. The third kappa shape index (κ3) is 3.01. The van der Waals surface area contributed by atoms with E-state index in [0.717, 1.165) is 0 Å². The van der Waals surface area contributed by atoms with E-state index >= 15 is 0 Å². The Labute approximate surface area is 139 Å². The first-order valence-corrected chi connectivity index (χ1v) is 8.62. The van der Waals surface area contributed by atoms with Gasteiger partial charge < -0.3 is 10.7 Å². The van der Waals surface area contributed by atoms with E-state index in [2.05, 4.69) is 67.6 Å². The Kier molecular flexibility index (Phi) is 4.75. The van der Waals surface area contributed by atoms with Crippen molar-refractivity contribution < 1.29 is 0 Å². The van der Waals surface area contributed by atoms with Crippen LogP contribution in [0.15, 0.2) is 60.5 Å². The van der Waals surface area contributed by atoms with Crippen molar-refractivity contribution in [2.45, 2.75) is 33.1 Å². The lowest BCUT2D eigenvalue weighted by Gasteiger charge is -2.14. The quantitative estimate of drug-likeness (QED) is 0.818. The fourth-order valence-corrected chi connectivity index (χ4v) is 3.62. The number of hydrogen-bond donors (Lipinski definition) is 2. The molecule has 0 saturated heterocycles. The van der Waals surface area contributed by atoms with Crippen molar-refractivity contribution in [3.63, 3.8) is 0 Å². The molecule has 2 heterocycles. The van der Waals surface area contributed by atoms with E-state index in [-0.39, 0.29) is 6.71 Å². The second-order valence-electron chi connectivity index (χ2n) is 6.49. The standard InChI is InChI=1S/C20H25BN2/c1-3-4-8-15(2)11-19-17(12-22)18-13-23-14-20(18)21(19)16-9-6-5-7-10-16/h5-7,9-15,23H,3-4,8,22H2,1-2H3/b17-12-,19-11+. The van der Waals surface area contributed by atoms with E-state index in [1.54, 1.807) is 6.20 Å². The van der Waals surface area contributed by atoms with E-state index in [4.69, 9.17) is 5.73 Å². The molecule has 1 unspecified atom stereocenters. The minimum atomic E-state index is 0.288. The topological polar surface area (TPSA) is 41.8 Å². The van der Waals surface area contributed by atoms with Gasteiger partial charge in [-0.3, -0.25) is 0 Å². The number of nitrogens with two attached hydrogens (primary N) is 1. The number of benzene rings is 1.